The molecule has 3 N–H and O–H groups in total. The number of carbonyl (C=O) groups is 1. The summed E-state index contributed by atoms with van der Waals surface area (Å²) in [6.45, 7) is 0.723. The standard InChI is InChI=1S/C15H20N2O3/c16-11-3-1-2-4-13(11)20-9-14(18)17-12-7-8-19-15(12)10-5-6-10/h1-4,10,12,15H,5-9,16H2,(H,17,18). The third-order valence-corrected chi connectivity index (χ3v) is 3.85. The summed E-state index contributed by atoms with van der Waals surface area (Å²) < 4.78 is 11.1. The number of para-hydroxylation sites is 2. The van der Waals surface area contributed by atoms with Gasteiger partial charge < -0.3 is 20.5 Å². The molecule has 3 rings (SSSR count). The van der Waals surface area contributed by atoms with Gasteiger partial charge in [-0.05, 0) is 37.3 Å². The van der Waals surface area contributed by atoms with E-state index in [2.05, 4.69) is 5.32 Å². The lowest BCUT2D eigenvalue weighted by Crippen LogP contribution is -2.43. The molecule has 1 aromatic carbocycles. The molecule has 1 amide bonds. The summed E-state index contributed by atoms with van der Waals surface area (Å²) in [6, 6.07) is 7.30. The van der Waals surface area contributed by atoms with E-state index in [4.69, 9.17) is 15.2 Å². The molecular weight excluding hydrogens is 256 g/mol. The van der Waals surface area contributed by atoms with Crippen LogP contribution in [0.15, 0.2) is 24.3 Å². The van der Waals surface area contributed by atoms with E-state index in [9.17, 15) is 4.79 Å². The van der Waals surface area contributed by atoms with Crippen LogP contribution in [0.25, 0.3) is 0 Å². The van der Waals surface area contributed by atoms with Crippen LogP contribution >= 0.6 is 0 Å². The van der Waals surface area contributed by atoms with Crippen molar-refractivity contribution in [2.75, 3.05) is 18.9 Å². The molecule has 0 bridgehead atoms. The van der Waals surface area contributed by atoms with Crippen LogP contribution in [0.2, 0.25) is 0 Å². The monoisotopic (exact) mass is 276 g/mol. The Balaban J connectivity index is 1.48. The van der Waals surface area contributed by atoms with Crippen molar-refractivity contribution in [1.29, 1.82) is 0 Å². The fraction of sp³-hybridized carbons (Fsp3) is 0.533. The molecule has 2 fully saturated rings. The minimum absolute atomic E-state index is 0.0118. The van der Waals surface area contributed by atoms with E-state index in [1.807, 2.05) is 12.1 Å². The third-order valence-electron chi connectivity index (χ3n) is 3.85. The highest BCUT2D eigenvalue weighted by Crippen LogP contribution is 2.38. The number of nitrogens with one attached hydrogen (secondary N) is 1. The highest BCUT2D eigenvalue weighted by atomic mass is 16.5. The van der Waals surface area contributed by atoms with Crippen molar-refractivity contribution in [2.45, 2.75) is 31.4 Å². The van der Waals surface area contributed by atoms with Gasteiger partial charge in [0.1, 0.15) is 5.75 Å². The minimum atomic E-state index is -0.116. The fourth-order valence-corrected chi connectivity index (χ4v) is 2.66. The molecule has 2 unspecified atom stereocenters. The SMILES string of the molecule is Nc1ccccc1OCC(=O)NC1CCOC1C1CC1. The van der Waals surface area contributed by atoms with Gasteiger partial charge in [-0.2, -0.15) is 0 Å². The molecule has 0 spiro atoms. The normalized spacial score (nSPS) is 25.4. The lowest BCUT2D eigenvalue weighted by molar-refractivity contribution is -0.124. The topological polar surface area (TPSA) is 73.6 Å². The van der Waals surface area contributed by atoms with Gasteiger partial charge in [0, 0.05) is 6.61 Å². The Morgan fingerprint density at radius 3 is 2.90 bits per heavy atom. The first-order valence-electron chi connectivity index (χ1n) is 7.12. The van der Waals surface area contributed by atoms with Crippen LogP contribution in [-0.4, -0.2) is 31.3 Å². The first kappa shape index (κ1) is 13.2. The van der Waals surface area contributed by atoms with Gasteiger partial charge in [-0.3, -0.25) is 4.79 Å². The number of nitrogens with two attached hydrogens (primary N) is 1. The number of anilines is 1. The molecule has 1 aromatic rings. The van der Waals surface area contributed by atoms with Crippen LogP contribution in [0.4, 0.5) is 5.69 Å². The Hall–Kier alpha value is -1.75. The van der Waals surface area contributed by atoms with Crippen LogP contribution in [0, 0.1) is 5.92 Å². The molecule has 2 atom stereocenters. The van der Waals surface area contributed by atoms with E-state index in [0.29, 0.717) is 17.4 Å². The molecule has 108 valence electrons. The highest BCUT2D eigenvalue weighted by Gasteiger charge is 2.41. The Bertz CT molecular complexity index is 488. The number of carbonyl (C=O) groups excluding carboxylic acids is 1. The Morgan fingerprint density at radius 1 is 1.35 bits per heavy atom. The number of rotatable bonds is 5. The predicted octanol–water partition coefficient (Wildman–Crippen LogP) is 1.33. The van der Waals surface area contributed by atoms with Gasteiger partial charge in [-0.25, -0.2) is 0 Å². The second kappa shape index (κ2) is 5.71. The molecular formula is C15H20N2O3. The van der Waals surface area contributed by atoms with Gasteiger partial charge in [0.2, 0.25) is 0 Å². The average Bonchev–Trinajstić information content (AvgIpc) is 3.19. The number of ether oxygens (including phenoxy) is 2. The van der Waals surface area contributed by atoms with Crippen molar-refractivity contribution >= 4 is 11.6 Å². The molecule has 1 saturated heterocycles. The van der Waals surface area contributed by atoms with Crippen LogP contribution in [-0.2, 0) is 9.53 Å². The number of benzene rings is 1. The molecule has 5 nitrogen and oxygen atoms in total. The van der Waals surface area contributed by atoms with Gasteiger partial charge >= 0.3 is 0 Å². The van der Waals surface area contributed by atoms with Gasteiger partial charge in [-0.1, -0.05) is 12.1 Å². The molecule has 0 radical (unpaired) electrons. The zero-order valence-electron chi connectivity index (χ0n) is 11.4. The van der Waals surface area contributed by atoms with Crippen LogP contribution in [0.3, 0.4) is 0 Å². The van der Waals surface area contributed by atoms with Gasteiger partial charge in [0.15, 0.2) is 6.61 Å². The zero-order valence-corrected chi connectivity index (χ0v) is 11.4. The van der Waals surface area contributed by atoms with Crippen LogP contribution < -0.4 is 15.8 Å². The van der Waals surface area contributed by atoms with Crippen LogP contribution in [0.1, 0.15) is 19.3 Å². The van der Waals surface area contributed by atoms with Crippen molar-refractivity contribution in [2.24, 2.45) is 5.92 Å². The molecule has 1 saturated carbocycles. The van der Waals surface area contributed by atoms with E-state index in [0.717, 1.165) is 13.0 Å². The summed E-state index contributed by atoms with van der Waals surface area (Å²) in [5, 5.41) is 3.01. The third kappa shape index (κ3) is 3.04. The minimum Gasteiger partial charge on any atom is -0.482 e. The van der Waals surface area contributed by atoms with Crippen molar-refractivity contribution in [1.82, 2.24) is 5.32 Å². The number of hydrogen-bond donors (Lipinski definition) is 2. The largest absolute Gasteiger partial charge is 0.482 e. The van der Waals surface area contributed by atoms with Gasteiger partial charge in [-0.15, -0.1) is 0 Å². The lowest BCUT2D eigenvalue weighted by atomic mass is 10.1. The summed E-state index contributed by atoms with van der Waals surface area (Å²) >= 11 is 0. The van der Waals surface area contributed by atoms with E-state index in [1.165, 1.54) is 12.8 Å². The first-order valence-corrected chi connectivity index (χ1v) is 7.12. The van der Waals surface area contributed by atoms with Crippen molar-refractivity contribution in [3.05, 3.63) is 24.3 Å². The molecule has 20 heavy (non-hydrogen) atoms. The average molecular weight is 276 g/mol. The quantitative estimate of drug-likeness (QED) is 0.796. The number of hydrogen-bond acceptors (Lipinski definition) is 4. The molecule has 0 aromatic heterocycles. The molecule has 1 aliphatic heterocycles. The van der Waals surface area contributed by atoms with E-state index < -0.39 is 0 Å². The molecule has 2 aliphatic rings. The molecule has 1 heterocycles. The Kier molecular flexibility index (Phi) is 3.78. The fourth-order valence-electron chi connectivity index (χ4n) is 2.66. The molecule has 5 heteroatoms. The number of amides is 1. The maximum atomic E-state index is 11.9. The predicted molar refractivity (Wildman–Crippen MR) is 75.4 cm³/mol. The summed E-state index contributed by atoms with van der Waals surface area (Å²) in [4.78, 5) is 11.9. The van der Waals surface area contributed by atoms with E-state index in [-0.39, 0.29) is 24.7 Å². The van der Waals surface area contributed by atoms with Crippen molar-refractivity contribution < 1.29 is 14.3 Å². The van der Waals surface area contributed by atoms with E-state index >= 15 is 0 Å². The van der Waals surface area contributed by atoms with Crippen LogP contribution in [0.5, 0.6) is 5.75 Å². The summed E-state index contributed by atoms with van der Waals surface area (Å²) in [7, 11) is 0. The van der Waals surface area contributed by atoms with Gasteiger partial charge in [0.05, 0.1) is 17.8 Å². The van der Waals surface area contributed by atoms with Crippen molar-refractivity contribution in [3.63, 3.8) is 0 Å². The summed E-state index contributed by atoms with van der Waals surface area (Å²) in [5.74, 6) is 1.06. The lowest BCUT2D eigenvalue weighted by Gasteiger charge is -2.19. The summed E-state index contributed by atoms with van der Waals surface area (Å²) in [5.41, 5.74) is 6.31. The second-order valence-corrected chi connectivity index (χ2v) is 5.46. The maximum Gasteiger partial charge on any atom is 0.258 e. The Morgan fingerprint density at radius 2 is 2.15 bits per heavy atom. The second-order valence-electron chi connectivity index (χ2n) is 5.46. The zero-order chi connectivity index (χ0) is 13.9. The maximum absolute atomic E-state index is 11.9. The number of nitrogen functional groups attached to an aromatic ring is 1. The molecule has 1 aliphatic carbocycles. The first-order chi connectivity index (χ1) is 9.74. The van der Waals surface area contributed by atoms with E-state index in [1.54, 1.807) is 12.1 Å². The van der Waals surface area contributed by atoms with Gasteiger partial charge in [0.25, 0.3) is 5.91 Å². The summed E-state index contributed by atoms with van der Waals surface area (Å²) in [6.07, 6.45) is 3.52. The smallest absolute Gasteiger partial charge is 0.258 e. The highest BCUT2D eigenvalue weighted by molar-refractivity contribution is 5.78. The Labute approximate surface area is 118 Å². The van der Waals surface area contributed by atoms with Crippen molar-refractivity contribution in [3.8, 4) is 5.75 Å².